The third-order valence-corrected chi connectivity index (χ3v) is 6.01. The van der Waals surface area contributed by atoms with Crippen molar-refractivity contribution >= 4 is 5.57 Å². The van der Waals surface area contributed by atoms with Crippen molar-refractivity contribution in [2.75, 3.05) is 0 Å². The van der Waals surface area contributed by atoms with E-state index < -0.39 is 0 Å². The standard InChI is InChI=1S/C27H22/c1-3-5-12-19-20-13-6-9-16-24(20)27(23(19)4-2)25-17-10-7-14-21(25)22-15-8-11-18-26(22)27/h3-18H,1-2H3/b5-3-,19-12-,23-4+. The summed E-state index contributed by atoms with van der Waals surface area (Å²) in [5, 5.41) is 0. The fourth-order valence-electron chi connectivity index (χ4n) is 5.10. The molecule has 0 aromatic heterocycles. The van der Waals surface area contributed by atoms with Crippen molar-refractivity contribution in [1.29, 1.82) is 0 Å². The molecular formula is C27H22. The Morgan fingerprint density at radius 2 is 1.11 bits per heavy atom. The van der Waals surface area contributed by atoms with Crippen LogP contribution < -0.4 is 0 Å². The van der Waals surface area contributed by atoms with Crippen LogP contribution in [-0.4, -0.2) is 0 Å². The third-order valence-electron chi connectivity index (χ3n) is 6.01. The molecule has 2 aliphatic carbocycles. The van der Waals surface area contributed by atoms with Crippen LogP contribution in [0.5, 0.6) is 0 Å². The fourth-order valence-corrected chi connectivity index (χ4v) is 5.10. The Labute approximate surface area is 161 Å². The average molecular weight is 346 g/mol. The zero-order valence-corrected chi connectivity index (χ0v) is 15.7. The van der Waals surface area contributed by atoms with E-state index in [9.17, 15) is 0 Å². The minimum atomic E-state index is -0.216. The average Bonchev–Trinajstić information content (AvgIpc) is 3.18. The number of fused-ring (bicyclic) bond motifs is 7. The van der Waals surface area contributed by atoms with Gasteiger partial charge in [-0.25, -0.2) is 0 Å². The minimum absolute atomic E-state index is 0.216. The SMILES string of the molecule is C\C=C/C=C1\C(=C/C)C2(c3ccccc31)c1ccccc1-c1ccccc12. The molecule has 3 aromatic carbocycles. The van der Waals surface area contributed by atoms with E-state index in [1.54, 1.807) is 0 Å². The molecule has 130 valence electrons. The Hall–Kier alpha value is -3.12. The van der Waals surface area contributed by atoms with Gasteiger partial charge in [0, 0.05) is 0 Å². The van der Waals surface area contributed by atoms with Crippen LogP contribution in [-0.2, 0) is 5.41 Å². The predicted molar refractivity (Wildman–Crippen MR) is 115 cm³/mol. The maximum atomic E-state index is 2.31. The van der Waals surface area contributed by atoms with Crippen LogP contribution in [0.1, 0.15) is 36.1 Å². The molecule has 0 saturated heterocycles. The first-order chi connectivity index (χ1) is 13.3. The molecule has 2 aliphatic rings. The Kier molecular flexibility index (Phi) is 3.55. The second kappa shape index (κ2) is 5.96. The Balaban J connectivity index is 1.98. The highest BCUT2D eigenvalue weighted by Gasteiger charge is 2.52. The smallest absolute Gasteiger partial charge is 0.0722 e. The predicted octanol–water partition coefficient (Wildman–Crippen LogP) is 6.92. The lowest BCUT2D eigenvalue weighted by Crippen LogP contribution is -2.25. The molecule has 1 spiro atoms. The van der Waals surface area contributed by atoms with Crippen molar-refractivity contribution in [1.82, 2.24) is 0 Å². The number of hydrogen-bond acceptors (Lipinski definition) is 0. The van der Waals surface area contributed by atoms with Gasteiger partial charge in [0.25, 0.3) is 0 Å². The topological polar surface area (TPSA) is 0 Å². The van der Waals surface area contributed by atoms with E-state index in [1.807, 2.05) is 0 Å². The van der Waals surface area contributed by atoms with E-state index in [0.717, 1.165) is 0 Å². The van der Waals surface area contributed by atoms with E-state index in [0.29, 0.717) is 0 Å². The summed E-state index contributed by atoms with van der Waals surface area (Å²) < 4.78 is 0. The van der Waals surface area contributed by atoms with Crippen LogP contribution in [0.4, 0.5) is 0 Å². The molecule has 0 radical (unpaired) electrons. The molecule has 5 rings (SSSR count). The monoisotopic (exact) mass is 346 g/mol. The van der Waals surface area contributed by atoms with Crippen molar-refractivity contribution in [3.8, 4) is 11.1 Å². The zero-order valence-electron chi connectivity index (χ0n) is 15.7. The summed E-state index contributed by atoms with van der Waals surface area (Å²) in [6, 6.07) is 26.7. The molecule has 0 aliphatic heterocycles. The Morgan fingerprint density at radius 1 is 0.630 bits per heavy atom. The first kappa shape index (κ1) is 16.1. The molecule has 0 saturated carbocycles. The number of allylic oxidation sites excluding steroid dienone is 6. The normalized spacial score (nSPS) is 19.0. The van der Waals surface area contributed by atoms with Crippen LogP contribution in [0.25, 0.3) is 16.7 Å². The van der Waals surface area contributed by atoms with Gasteiger partial charge in [0.2, 0.25) is 0 Å². The van der Waals surface area contributed by atoms with Crippen molar-refractivity contribution in [3.05, 3.63) is 125 Å². The first-order valence-corrected chi connectivity index (χ1v) is 9.63. The van der Waals surface area contributed by atoms with Gasteiger partial charge in [0.15, 0.2) is 0 Å². The van der Waals surface area contributed by atoms with Gasteiger partial charge in [-0.05, 0) is 58.4 Å². The highest BCUT2D eigenvalue weighted by molar-refractivity contribution is 6.00. The molecule has 0 atom stereocenters. The summed E-state index contributed by atoms with van der Waals surface area (Å²) in [4.78, 5) is 0. The van der Waals surface area contributed by atoms with Gasteiger partial charge in [0.1, 0.15) is 0 Å². The van der Waals surface area contributed by atoms with E-state index in [1.165, 1.54) is 44.5 Å². The number of hydrogen-bond donors (Lipinski definition) is 0. The lowest BCUT2D eigenvalue weighted by Gasteiger charge is -2.30. The largest absolute Gasteiger partial charge is 0.0876 e. The van der Waals surface area contributed by atoms with Crippen LogP contribution in [0.15, 0.2) is 103 Å². The third kappa shape index (κ3) is 1.93. The second-order valence-corrected chi connectivity index (χ2v) is 7.20. The number of rotatable bonds is 1. The summed E-state index contributed by atoms with van der Waals surface area (Å²) >= 11 is 0. The summed E-state index contributed by atoms with van der Waals surface area (Å²) in [6.45, 7) is 4.25. The van der Waals surface area contributed by atoms with Gasteiger partial charge in [-0.3, -0.25) is 0 Å². The van der Waals surface area contributed by atoms with Gasteiger partial charge >= 0.3 is 0 Å². The van der Waals surface area contributed by atoms with Crippen LogP contribution in [0.2, 0.25) is 0 Å². The first-order valence-electron chi connectivity index (χ1n) is 9.63. The molecule has 0 heterocycles. The van der Waals surface area contributed by atoms with Gasteiger partial charge in [-0.1, -0.05) is 97.1 Å². The van der Waals surface area contributed by atoms with Gasteiger partial charge < -0.3 is 0 Å². The number of benzene rings is 3. The van der Waals surface area contributed by atoms with Crippen molar-refractivity contribution < 1.29 is 0 Å². The molecular weight excluding hydrogens is 324 g/mol. The molecule has 27 heavy (non-hydrogen) atoms. The van der Waals surface area contributed by atoms with Gasteiger partial charge in [0.05, 0.1) is 5.41 Å². The lowest BCUT2D eigenvalue weighted by atomic mass is 9.70. The second-order valence-electron chi connectivity index (χ2n) is 7.20. The van der Waals surface area contributed by atoms with Crippen molar-refractivity contribution in [2.24, 2.45) is 0 Å². The molecule has 0 N–H and O–H groups in total. The molecule has 0 bridgehead atoms. The molecule has 0 nitrogen and oxygen atoms in total. The summed E-state index contributed by atoms with van der Waals surface area (Å²) in [5.74, 6) is 0. The Morgan fingerprint density at radius 3 is 1.63 bits per heavy atom. The maximum absolute atomic E-state index is 2.31. The summed E-state index contributed by atoms with van der Waals surface area (Å²) in [6.07, 6.45) is 8.84. The maximum Gasteiger partial charge on any atom is 0.0722 e. The van der Waals surface area contributed by atoms with Crippen molar-refractivity contribution in [2.45, 2.75) is 19.3 Å². The van der Waals surface area contributed by atoms with E-state index in [2.05, 4.69) is 111 Å². The highest BCUT2D eigenvalue weighted by Crippen LogP contribution is 2.63. The fraction of sp³-hybridized carbons (Fsp3) is 0.111. The van der Waals surface area contributed by atoms with E-state index in [-0.39, 0.29) is 5.41 Å². The van der Waals surface area contributed by atoms with Crippen molar-refractivity contribution in [3.63, 3.8) is 0 Å². The van der Waals surface area contributed by atoms with E-state index in [4.69, 9.17) is 0 Å². The molecule has 0 fully saturated rings. The molecule has 3 aromatic rings. The minimum Gasteiger partial charge on any atom is -0.0876 e. The summed E-state index contributed by atoms with van der Waals surface area (Å²) in [7, 11) is 0. The lowest BCUT2D eigenvalue weighted by molar-refractivity contribution is 0.793. The molecule has 0 amide bonds. The Bertz CT molecular complexity index is 1090. The van der Waals surface area contributed by atoms with Gasteiger partial charge in [-0.2, -0.15) is 0 Å². The van der Waals surface area contributed by atoms with E-state index >= 15 is 0 Å². The molecule has 0 unspecified atom stereocenters. The highest BCUT2D eigenvalue weighted by atomic mass is 14.5. The van der Waals surface area contributed by atoms with Crippen LogP contribution in [0, 0.1) is 0 Å². The quantitative estimate of drug-likeness (QED) is 0.448. The summed E-state index contributed by atoms with van der Waals surface area (Å²) in [5.41, 5.74) is 10.8. The van der Waals surface area contributed by atoms with Crippen LogP contribution in [0.3, 0.4) is 0 Å². The zero-order chi connectivity index (χ0) is 18.4. The molecule has 0 heteroatoms. The van der Waals surface area contributed by atoms with Crippen LogP contribution >= 0.6 is 0 Å². The van der Waals surface area contributed by atoms with Gasteiger partial charge in [-0.15, -0.1) is 0 Å².